The van der Waals surface area contributed by atoms with Gasteiger partial charge < -0.3 is 4.74 Å². The average molecular weight is 253 g/mol. The molecule has 0 atom stereocenters. The standard InChI is InChI=1S/C15H15N3O/c1-3-12-7-13(9-15(8-12)19-4-2)14-10-17-18(11-14)6-5-16/h3,7-11H,1,4,6H2,2H3. The van der Waals surface area contributed by atoms with Crippen molar-refractivity contribution in [3.63, 3.8) is 0 Å². The predicted molar refractivity (Wildman–Crippen MR) is 74.5 cm³/mol. The summed E-state index contributed by atoms with van der Waals surface area (Å²) in [5, 5.41) is 12.8. The molecule has 0 aliphatic heterocycles. The fraction of sp³-hybridized carbons (Fsp3) is 0.200. The molecule has 0 spiro atoms. The van der Waals surface area contributed by atoms with Crippen LogP contribution in [0.2, 0.25) is 0 Å². The first-order valence-corrected chi connectivity index (χ1v) is 6.07. The maximum atomic E-state index is 8.65. The van der Waals surface area contributed by atoms with E-state index < -0.39 is 0 Å². The van der Waals surface area contributed by atoms with Crippen LogP contribution in [-0.2, 0) is 6.54 Å². The summed E-state index contributed by atoms with van der Waals surface area (Å²) in [7, 11) is 0. The van der Waals surface area contributed by atoms with Gasteiger partial charge in [-0.3, -0.25) is 4.68 Å². The van der Waals surface area contributed by atoms with Crippen molar-refractivity contribution in [3.8, 4) is 22.9 Å². The van der Waals surface area contributed by atoms with Crippen molar-refractivity contribution in [1.29, 1.82) is 5.26 Å². The number of ether oxygens (including phenoxy) is 1. The molecule has 0 N–H and O–H groups in total. The molecule has 2 aromatic rings. The molecular weight excluding hydrogens is 238 g/mol. The molecule has 1 heterocycles. The first-order valence-electron chi connectivity index (χ1n) is 6.07. The number of benzene rings is 1. The Labute approximate surface area is 112 Å². The molecule has 96 valence electrons. The van der Waals surface area contributed by atoms with Crippen LogP contribution in [0.4, 0.5) is 0 Å². The Kier molecular flexibility index (Phi) is 3.99. The van der Waals surface area contributed by atoms with Crippen molar-refractivity contribution < 1.29 is 4.74 Å². The third kappa shape index (κ3) is 3.02. The summed E-state index contributed by atoms with van der Waals surface area (Å²) < 4.78 is 7.14. The highest BCUT2D eigenvalue weighted by molar-refractivity contribution is 5.68. The summed E-state index contributed by atoms with van der Waals surface area (Å²) in [6, 6.07) is 7.99. The SMILES string of the molecule is C=Cc1cc(OCC)cc(-c2cnn(CC#N)c2)c1. The number of aromatic nitrogens is 2. The molecule has 0 amide bonds. The Morgan fingerprint density at radius 2 is 2.26 bits per heavy atom. The summed E-state index contributed by atoms with van der Waals surface area (Å²) >= 11 is 0. The van der Waals surface area contributed by atoms with Gasteiger partial charge in [-0.1, -0.05) is 12.7 Å². The molecule has 0 fully saturated rings. The van der Waals surface area contributed by atoms with Crippen molar-refractivity contribution >= 4 is 6.08 Å². The van der Waals surface area contributed by atoms with E-state index >= 15 is 0 Å². The lowest BCUT2D eigenvalue weighted by atomic mass is 10.1. The first-order chi connectivity index (χ1) is 9.26. The topological polar surface area (TPSA) is 50.8 Å². The van der Waals surface area contributed by atoms with E-state index in [-0.39, 0.29) is 6.54 Å². The van der Waals surface area contributed by atoms with Crippen LogP contribution in [0.25, 0.3) is 17.2 Å². The van der Waals surface area contributed by atoms with Gasteiger partial charge in [0.2, 0.25) is 0 Å². The van der Waals surface area contributed by atoms with Gasteiger partial charge in [-0.2, -0.15) is 10.4 Å². The molecule has 0 aliphatic carbocycles. The molecule has 4 nitrogen and oxygen atoms in total. The second-order valence-corrected chi connectivity index (χ2v) is 4.01. The first kappa shape index (κ1) is 12.9. The van der Waals surface area contributed by atoms with E-state index in [1.54, 1.807) is 17.0 Å². The van der Waals surface area contributed by atoms with Gasteiger partial charge in [0.25, 0.3) is 0 Å². The Morgan fingerprint density at radius 1 is 1.42 bits per heavy atom. The molecule has 0 bridgehead atoms. The Bertz CT molecular complexity index is 623. The van der Waals surface area contributed by atoms with Crippen LogP contribution in [0, 0.1) is 11.3 Å². The quantitative estimate of drug-likeness (QED) is 0.822. The normalized spacial score (nSPS) is 9.89. The number of nitriles is 1. The lowest BCUT2D eigenvalue weighted by molar-refractivity contribution is 0.340. The summed E-state index contributed by atoms with van der Waals surface area (Å²) in [5.41, 5.74) is 2.96. The highest BCUT2D eigenvalue weighted by Crippen LogP contribution is 2.26. The van der Waals surface area contributed by atoms with Crippen LogP contribution in [0.3, 0.4) is 0 Å². The van der Waals surface area contributed by atoms with Crippen LogP contribution < -0.4 is 4.74 Å². The van der Waals surface area contributed by atoms with E-state index in [2.05, 4.69) is 17.7 Å². The second kappa shape index (κ2) is 5.87. The third-order valence-corrected chi connectivity index (χ3v) is 2.67. The highest BCUT2D eigenvalue weighted by Gasteiger charge is 2.05. The summed E-state index contributed by atoms with van der Waals surface area (Å²) in [6.07, 6.45) is 5.38. The van der Waals surface area contributed by atoms with Gasteiger partial charge in [0.05, 0.1) is 18.9 Å². The fourth-order valence-electron chi connectivity index (χ4n) is 1.83. The molecule has 0 saturated heterocycles. The van der Waals surface area contributed by atoms with Crippen molar-refractivity contribution in [2.75, 3.05) is 6.61 Å². The summed E-state index contributed by atoms with van der Waals surface area (Å²) in [6.45, 7) is 6.60. The molecule has 1 aromatic carbocycles. The van der Waals surface area contributed by atoms with Gasteiger partial charge >= 0.3 is 0 Å². The molecule has 1 aromatic heterocycles. The van der Waals surface area contributed by atoms with E-state index in [4.69, 9.17) is 10.00 Å². The monoisotopic (exact) mass is 253 g/mol. The van der Waals surface area contributed by atoms with Crippen LogP contribution in [0.15, 0.2) is 37.2 Å². The second-order valence-electron chi connectivity index (χ2n) is 4.01. The smallest absolute Gasteiger partial charge is 0.128 e. The minimum atomic E-state index is 0.249. The van der Waals surface area contributed by atoms with Gasteiger partial charge in [-0.25, -0.2) is 0 Å². The maximum Gasteiger partial charge on any atom is 0.128 e. The molecule has 4 heteroatoms. The summed E-state index contributed by atoms with van der Waals surface area (Å²) in [4.78, 5) is 0. The largest absolute Gasteiger partial charge is 0.494 e. The zero-order valence-electron chi connectivity index (χ0n) is 10.8. The highest BCUT2D eigenvalue weighted by atomic mass is 16.5. The van der Waals surface area contributed by atoms with E-state index in [9.17, 15) is 0 Å². The van der Waals surface area contributed by atoms with Gasteiger partial charge in [0.1, 0.15) is 12.3 Å². The van der Waals surface area contributed by atoms with Crippen LogP contribution >= 0.6 is 0 Å². The minimum absolute atomic E-state index is 0.249. The fourth-order valence-corrected chi connectivity index (χ4v) is 1.83. The summed E-state index contributed by atoms with van der Waals surface area (Å²) in [5.74, 6) is 0.808. The van der Waals surface area contributed by atoms with Crippen LogP contribution in [-0.4, -0.2) is 16.4 Å². The Hall–Kier alpha value is -2.54. The zero-order valence-corrected chi connectivity index (χ0v) is 10.8. The number of hydrogen-bond acceptors (Lipinski definition) is 3. The molecule has 19 heavy (non-hydrogen) atoms. The number of rotatable bonds is 5. The van der Waals surface area contributed by atoms with E-state index in [1.165, 1.54) is 0 Å². The molecule has 0 radical (unpaired) electrons. The van der Waals surface area contributed by atoms with Gasteiger partial charge in [0.15, 0.2) is 0 Å². The van der Waals surface area contributed by atoms with Crippen molar-refractivity contribution in [2.24, 2.45) is 0 Å². The maximum absolute atomic E-state index is 8.65. The molecular formula is C15H15N3O. The number of nitrogens with zero attached hydrogens (tertiary/aromatic N) is 3. The molecule has 0 saturated carbocycles. The molecule has 2 rings (SSSR count). The van der Waals surface area contributed by atoms with E-state index in [0.717, 1.165) is 22.4 Å². The lowest BCUT2D eigenvalue weighted by Crippen LogP contribution is -1.94. The van der Waals surface area contributed by atoms with E-state index in [0.29, 0.717) is 6.61 Å². The van der Waals surface area contributed by atoms with Crippen molar-refractivity contribution in [1.82, 2.24) is 9.78 Å². The average Bonchev–Trinajstić information content (AvgIpc) is 2.88. The van der Waals surface area contributed by atoms with E-state index in [1.807, 2.05) is 31.3 Å². The molecule has 0 aliphatic rings. The zero-order chi connectivity index (χ0) is 13.7. The molecule has 0 unspecified atom stereocenters. The van der Waals surface area contributed by atoms with Crippen LogP contribution in [0.1, 0.15) is 12.5 Å². The third-order valence-electron chi connectivity index (χ3n) is 2.67. The van der Waals surface area contributed by atoms with Gasteiger partial charge in [0, 0.05) is 11.8 Å². The lowest BCUT2D eigenvalue weighted by Gasteiger charge is -2.07. The van der Waals surface area contributed by atoms with Crippen molar-refractivity contribution in [2.45, 2.75) is 13.5 Å². The van der Waals surface area contributed by atoms with Gasteiger partial charge in [-0.05, 0) is 36.2 Å². The van der Waals surface area contributed by atoms with Gasteiger partial charge in [-0.15, -0.1) is 0 Å². The minimum Gasteiger partial charge on any atom is -0.494 e. The Morgan fingerprint density at radius 3 is 2.95 bits per heavy atom. The predicted octanol–water partition coefficient (Wildman–Crippen LogP) is 3.12. The number of hydrogen-bond donors (Lipinski definition) is 0. The van der Waals surface area contributed by atoms with Crippen LogP contribution in [0.5, 0.6) is 5.75 Å². The Balaban J connectivity index is 2.39. The van der Waals surface area contributed by atoms with Crippen molar-refractivity contribution in [3.05, 3.63) is 42.7 Å².